The second-order valence-electron chi connectivity index (χ2n) is 9.14. The van der Waals surface area contributed by atoms with E-state index in [9.17, 15) is 10.1 Å². The molecule has 5 rings (SSSR count). The average molecular weight is 530 g/mol. The van der Waals surface area contributed by atoms with Crippen LogP contribution in [0, 0.1) is 18.3 Å². The fourth-order valence-electron chi connectivity index (χ4n) is 4.79. The summed E-state index contributed by atoms with van der Waals surface area (Å²) in [5, 5.41) is 14.8. The van der Waals surface area contributed by atoms with Crippen LogP contribution in [0.1, 0.15) is 33.5 Å². The van der Waals surface area contributed by atoms with Crippen LogP contribution in [0.15, 0.2) is 60.8 Å². The van der Waals surface area contributed by atoms with E-state index < -0.39 is 0 Å². The Morgan fingerprint density at radius 2 is 2.00 bits per heavy atom. The zero-order chi connectivity index (χ0) is 25.9. The van der Waals surface area contributed by atoms with Crippen LogP contribution in [-0.2, 0) is 19.5 Å². The molecule has 37 heavy (non-hydrogen) atoms. The number of benzene rings is 2. The third-order valence-corrected chi connectivity index (χ3v) is 7.13. The third kappa shape index (κ3) is 5.40. The predicted molar refractivity (Wildman–Crippen MR) is 148 cm³/mol. The van der Waals surface area contributed by atoms with Gasteiger partial charge in [0.25, 0.3) is 0 Å². The number of carbonyl (C=O) groups excluding carboxylic acids is 1. The van der Waals surface area contributed by atoms with E-state index in [1.54, 1.807) is 16.8 Å². The molecule has 1 aliphatic rings. The van der Waals surface area contributed by atoms with Crippen LogP contribution in [-0.4, -0.2) is 33.6 Å². The van der Waals surface area contributed by atoms with Gasteiger partial charge in [-0.1, -0.05) is 47.5 Å². The lowest BCUT2D eigenvalue weighted by Crippen LogP contribution is -2.34. The lowest BCUT2D eigenvalue weighted by Gasteiger charge is -2.27. The fourth-order valence-corrected chi connectivity index (χ4v) is 5.12. The normalized spacial score (nSPS) is 13.6. The van der Waals surface area contributed by atoms with Gasteiger partial charge in [0.15, 0.2) is 0 Å². The summed E-state index contributed by atoms with van der Waals surface area (Å²) < 4.78 is 1.74. The van der Waals surface area contributed by atoms with Crippen LogP contribution in [0.2, 0.25) is 10.2 Å². The molecule has 0 atom stereocenters. The van der Waals surface area contributed by atoms with Crippen molar-refractivity contribution in [3.8, 4) is 6.07 Å². The number of halogens is 2. The summed E-state index contributed by atoms with van der Waals surface area (Å²) >= 11 is 12.0. The standard InChI is InChI=1S/C29H25Cl2N5O/c1-19-13-24-25-18-35(11-2-3-20-4-6-23(30)7-5-20)12-9-26(25)36(27(24)15-22(19)16-32)29(37)34-17-21-8-10-33-28(31)14-21/h2-8,10,13-15H,9,11-12,17-18H2,1H3,(H,34,37)/b3-2+. The zero-order valence-electron chi connectivity index (χ0n) is 20.3. The van der Waals surface area contributed by atoms with Crippen molar-refractivity contribution in [2.24, 2.45) is 0 Å². The lowest BCUT2D eigenvalue weighted by molar-refractivity contribution is 0.240. The summed E-state index contributed by atoms with van der Waals surface area (Å²) in [4.78, 5) is 19.8. The predicted octanol–water partition coefficient (Wildman–Crippen LogP) is 6.35. The minimum Gasteiger partial charge on any atom is -0.333 e. The van der Waals surface area contributed by atoms with Crippen LogP contribution < -0.4 is 5.32 Å². The summed E-state index contributed by atoms with van der Waals surface area (Å²) in [6, 6.07) is 17.2. The number of hydrogen-bond donors (Lipinski definition) is 1. The largest absolute Gasteiger partial charge is 0.333 e. The van der Waals surface area contributed by atoms with Crippen LogP contribution in [0.25, 0.3) is 17.0 Å². The van der Waals surface area contributed by atoms with E-state index in [0.717, 1.165) is 69.9 Å². The number of nitriles is 1. The van der Waals surface area contributed by atoms with Gasteiger partial charge in [0.1, 0.15) is 5.15 Å². The number of pyridine rings is 1. The summed E-state index contributed by atoms with van der Waals surface area (Å²) in [5.41, 5.74) is 6.33. The van der Waals surface area contributed by atoms with Crippen molar-refractivity contribution in [3.63, 3.8) is 0 Å². The van der Waals surface area contributed by atoms with Crippen LogP contribution in [0.5, 0.6) is 0 Å². The summed E-state index contributed by atoms with van der Waals surface area (Å²) in [6.07, 6.45) is 6.60. The zero-order valence-corrected chi connectivity index (χ0v) is 21.9. The molecule has 0 spiro atoms. The van der Waals surface area contributed by atoms with Crippen LogP contribution >= 0.6 is 23.2 Å². The van der Waals surface area contributed by atoms with Gasteiger partial charge in [-0.25, -0.2) is 9.78 Å². The van der Waals surface area contributed by atoms with E-state index in [2.05, 4.69) is 33.4 Å². The Balaban J connectivity index is 1.42. The number of aromatic nitrogens is 2. The highest BCUT2D eigenvalue weighted by Crippen LogP contribution is 2.33. The van der Waals surface area contributed by atoms with Gasteiger partial charge in [-0.2, -0.15) is 5.26 Å². The van der Waals surface area contributed by atoms with Crippen molar-refractivity contribution < 1.29 is 4.79 Å². The quantitative estimate of drug-likeness (QED) is 0.305. The molecule has 4 aromatic rings. The molecule has 8 heteroatoms. The van der Waals surface area contributed by atoms with Crippen LogP contribution in [0.3, 0.4) is 0 Å². The molecule has 0 saturated carbocycles. The van der Waals surface area contributed by atoms with Crippen molar-refractivity contribution in [1.82, 2.24) is 19.8 Å². The van der Waals surface area contributed by atoms with Crippen molar-refractivity contribution in [2.45, 2.75) is 26.4 Å². The van der Waals surface area contributed by atoms with E-state index in [1.165, 1.54) is 0 Å². The molecule has 2 aromatic carbocycles. The molecule has 186 valence electrons. The van der Waals surface area contributed by atoms with Crippen molar-refractivity contribution in [3.05, 3.63) is 104 Å². The highest BCUT2D eigenvalue weighted by molar-refractivity contribution is 6.30. The first-order valence-corrected chi connectivity index (χ1v) is 12.8. The topological polar surface area (TPSA) is 74.0 Å². The number of carbonyl (C=O) groups is 1. The molecule has 0 bridgehead atoms. The van der Waals surface area contributed by atoms with Gasteiger partial charge < -0.3 is 5.32 Å². The highest BCUT2D eigenvalue weighted by Gasteiger charge is 2.27. The van der Waals surface area contributed by atoms with E-state index in [4.69, 9.17) is 23.2 Å². The summed E-state index contributed by atoms with van der Waals surface area (Å²) in [6.45, 7) is 4.60. The average Bonchev–Trinajstić information content (AvgIpc) is 3.20. The van der Waals surface area contributed by atoms with Gasteiger partial charge in [-0.15, -0.1) is 0 Å². The van der Waals surface area contributed by atoms with Gasteiger partial charge >= 0.3 is 6.03 Å². The molecule has 1 amide bonds. The number of fused-ring (bicyclic) bond motifs is 3. The van der Waals surface area contributed by atoms with Crippen LogP contribution in [0.4, 0.5) is 4.79 Å². The number of amides is 1. The first kappa shape index (κ1) is 25.0. The smallest absolute Gasteiger partial charge is 0.326 e. The summed E-state index contributed by atoms with van der Waals surface area (Å²) in [5.74, 6) is 0. The lowest BCUT2D eigenvalue weighted by atomic mass is 10.0. The Labute approximate surface area is 225 Å². The molecule has 0 aliphatic carbocycles. The Morgan fingerprint density at radius 3 is 2.76 bits per heavy atom. The Morgan fingerprint density at radius 1 is 1.19 bits per heavy atom. The molecule has 1 aliphatic heterocycles. The first-order valence-electron chi connectivity index (χ1n) is 12.0. The molecular formula is C29H25Cl2N5O. The van der Waals surface area contributed by atoms with Gasteiger partial charge in [0.2, 0.25) is 0 Å². The molecule has 2 aromatic heterocycles. The van der Waals surface area contributed by atoms with E-state index in [-0.39, 0.29) is 6.03 Å². The van der Waals surface area contributed by atoms with E-state index in [1.807, 2.05) is 49.4 Å². The summed E-state index contributed by atoms with van der Waals surface area (Å²) in [7, 11) is 0. The van der Waals surface area contributed by atoms with Gasteiger partial charge in [-0.3, -0.25) is 9.47 Å². The van der Waals surface area contributed by atoms with Crippen molar-refractivity contribution in [2.75, 3.05) is 13.1 Å². The maximum absolute atomic E-state index is 13.5. The Hall–Kier alpha value is -3.63. The molecule has 3 heterocycles. The second-order valence-corrected chi connectivity index (χ2v) is 9.96. The maximum atomic E-state index is 13.5. The number of nitrogens with zero attached hydrogens (tertiary/aromatic N) is 4. The Kier molecular flexibility index (Phi) is 7.29. The fraction of sp³-hybridized carbons (Fsp3) is 0.207. The number of rotatable bonds is 5. The minimum atomic E-state index is -0.219. The number of hydrogen-bond acceptors (Lipinski definition) is 4. The van der Waals surface area contributed by atoms with E-state index in [0.29, 0.717) is 17.3 Å². The van der Waals surface area contributed by atoms with Crippen molar-refractivity contribution in [1.29, 1.82) is 5.26 Å². The van der Waals surface area contributed by atoms with Gasteiger partial charge in [0.05, 0.1) is 17.1 Å². The minimum absolute atomic E-state index is 0.219. The number of nitrogens with one attached hydrogen (secondary N) is 1. The number of aryl methyl sites for hydroxylation is 1. The molecular weight excluding hydrogens is 505 g/mol. The molecule has 0 saturated heterocycles. The maximum Gasteiger partial charge on any atom is 0.326 e. The monoisotopic (exact) mass is 529 g/mol. The third-order valence-electron chi connectivity index (χ3n) is 6.68. The first-order chi connectivity index (χ1) is 17.9. The van der Waals surface area contributed by atoms with Crippen molar-refractivity contribution >= 4 is 46.2 Å². The molecule has 0 radical (unpaired) electrons. The molecule has 1 N–H and O–H groups in total. The van der Waals surface area contributed by atoms with E-state index >= 15 is 0 Å². The van der Waals surface area contributed by atoms with Gasteiger partial charge in [-0.05, 0) is 65.6 Å². The van der Waals surface area contributed by atoms with Gasteiger partial charge in [0, 0.05) is 54.9 Å². The molecule has 6 nitrogen and oxygen atoms in total. The second kappa shape index (κ2) is 10.8. The highest BCUT2D eigenvalue weighted by atomic mass is 35.5. The Bertz CT molecular complexity index is 1550. The molecule has 0 fully saturated rings. The SMILES string of the molecule is Cc1cc2c3c(n(C(=O)NCc4ccnc(Cl)c4)c2cc1C#N)CCN(C/C=C/c1ccc(Cl)cc1)C3. The molecule has 0 unspecified atom stereocenters.